The Balaban J connectivity index is 2.06. The minimum absolute atomic E-state index is 0.0563. The molecule has 0 saturated carbocycles. The molecule has 1 aromatic carbocycles. The summed E-state index contributed by atoms with van der Waals surface area (Å²) in [6, 6.07) is 8.73. The van der Waals surface area contributed by atoms with Crippen LogP contribution in [0.5, 0.6) is 0 Å². The predicted octanol–water partition coefficient (Wildman–Crippen LogP) is 1.74. The summed E-state index contributed by atoms with van der Waals surface area (Å²) in [5, 5.41) is 3.33. The van der Waals surface area contributed by atoms with Crippen LogP contribution in [0.1, 0.15) is 12.5 Å². The molecule has 0 aromatic heterocycles. The molecule has 1 saturated heterocycles. The van der Waals surface area contributed by atoms with Gasteiger partial charge in [0, 0.05) is 44.2 Å². The zero-order chi connectivity index (χ0) is 15.4. The Bertz CT molecular complexity index is 475. The number of hydrogen-bond donors (Lipinski definition) is 1. The molecule has 1 aromatic rings. The molecule has 4 nitrogen and oxygen atoms in total. The molecule has 1 N–H and O–H groups in total. The molecule has 1 fully saturated rings. The van der Waals surface area contributed by atoms with Crippen LogP contribution in [0.15, 0.2) is 28.7 Å². The van der Waals surface area contributed by atoms with Gasteiger partial charge in [0.1, 0.15) is 6.04 Å². The van der Waals surface area contributed by atoms with E-state index < -0.39 is 0 Å². The van der Waals surface area contributed by atoms with Crippen molar-refractivity contribution in [1.29, 1.82) is 0 Å². The van der Waals surface area contributed by atoms with Gasteiger partial charge in [-0.3, -0.25) is 9.69 Å². The summed E-state index contributed by atoms with van der Waals surface area (Å²) in [7, 11) is 3.66. The first kappa shape index (κ1) is 16.5. The fraction of sp³-hybridized carbons (Fsp3) is 0.562. The van der Waals surface area contributed by atoms with Crippen molar-refractivity contribution in [1.82, 2.24) is 15.1 Å². The molecule has 116 valence electrons. The highest BCUT2D eigenvalue weighted by Crippen LogP contribution is 2.17. The molecule has 0 bridgehead atoms. The van der Waals surface area contributed by atoms with Gasteiger partial charge in [0.05, 0.1) is 0 Å². The molecule has 2 unspecified atom stereocenters. The molecular formula is C16H24BrN3O. The summed E-state index contributed by atoms with van der Waals surface area (Å²) < 4.78 is 1.10. The monoisotopic (exact) mass is 353 g/mol. The highest BCUT2D eigenvalue weighted by atomic mass is 79.9. The maximum Gasteiger partial charge on any atom is 0.240 e. The molecule has 2 rings (SSSR count). The van der Waals surface area contributed by atoms with Gasteiger partial charge in [0.2, 0.25) is 5.91 Å². The zero-order valence-electron chi connectivity index (χ0n) is 13.0. The van der Waals surface area contributed by atoms with Gasteiger partial charge < -0.3 is 10.2 Å². The van der Waals surface area contributed by atoms with Gasteiger partial charge in [0.25, 0.3) is 0 Å². The molecule has 1 aliphatic rings. The van der Waals surface area contributed by atoms with Gasteiger partial charge in [-0.25, -0.2) is 0 Å². The van der Waals surface area contributed by atoms with Crippen LogP contribution in [0.3, 0.4) is 0 Å². The van der Waals surface area contributed by atoms with Crippen molar-refractivity contribution in [2.75, 3.05) is 33.7 Å². The van der Waals surface area contributed by atoms with E-state index in [-0.39, 0.29) is 11.9 Å². The summed E-state index contributed by atoms with van der Waals surface area (Å²) in [5.41, 5.74) is 1.31. The minimum Gasteiger partial charge on any atom is -0.347 e. The highest BCUT2D eigenvalue weighted by molar-refractivity contribution is 9.10. The first-order valence-electron chi connectivity index (χ1n) is 7.41. The second-order valence-electron chi connectivity index (χ2n) is 5.87. The number of benzene rings is 1. The van der Waals surface area contributed by atoms with E-state index in [2.05, 4.69) is 57.3 Å². The minimum atomic E-state index is -0.0563. The summed E-state index contributed by atoms with van der Waals surface area (Å²) >= 11 is 3.46. The standard InChI is InChI=1S/C16H24BrN3O/c1-12(10-13-4-6-14(17)7-5-13)20-9-8-18-11-15(20)16(21)19(2)3/h4-7,12,15,18H,8-11H2,1-3H3. The van der Waals surface area contributed by atoms with Gasteiger partial charge in [-0.05, 0) is 31.0 Å². The average molecular weight is 354 g/mol. The largest absolute Gasteiger partial charge is 0.347 e. The van der Waals surface area contributed by atoms with Crippen molar-refractivity contribution < 1.29 is 4.79 Å². The lowest BCUT2D eigenvalue weighted by Crippen LogP contribution is -2.60. The molecule has 0 radical (unpaired) electrons. The number of likely N-dealkylation sites (N-methyl/N-ethyl adjacent to an activating group) is 1. The van der Waals surface area contributed by atoms with Crippen molar-refractivity contribution >= 4 is 21.8 Å². The van der Waals surface area contributed by atoms with Gasteiger partial charge in [-0.1, -0.05) is 28.1 Å². The van der Waals surface area contributed by atoms with E-state index in [1.54, 1.807) is 4.90 Å². The van der Waals surface area contributed by atoms with Crippen LogP contribution >= 0.6 is 15.9 Å². The second kappa shape index (κ2) is 7.38. The number of hydrogen-bond acceptors (Lipinski definition) is 3. The molecule has 1 heterocycles. The maximum atomic E-state index is 12.3. The van der Waals surface area contributed by atoms with E-state index in [0.717, 1.165) is 30.5 Å². The summed E-state index contributed by atoms with van der Waals surface area (Å²) in [6.45, 7) is 4.81. The number of rotatable bonds is 4. The lowest BCUT2D eigenvalue weighted by Gasteiger charge is -2.40. The molecule has 1 aliphatic heterocycles. The van der Waals surface area contributed by atoms with Crippen molar-refractivity contribution in [2.45, 2.75) is 25.4 Å². The molecular weight excluding hydrogens is 330 g/mol. The lowest BCUT2D eigenvalue weighted by molar-refractivity contribution is -0.136. The third kappa shape index (κ3) is 4.28. The van der Waals surface area contributed by atoms with E-state index >= 15 is 0 Å². The Morgan fingerprint density at radius 1 is 1.43 bits per heavy atom. The topological polar surface area (TPSA) is 35.6 Å². The third-order valence-corrected chi connectivity index (χ3v) is 4.55. The summed E-state index contributed by atoms with van der Waals surface area (Å²) in [6.07, 6.45) is 0.963. The van der Waals surface area contributed by atoms with E-state index in [1.165, 1.54) is 5.56 Å². The Morgan fingerprint density at radius 3 is 2.71 bits per heavy atom. The molecule has 0 aliphatic carbocycles. The second-order valence-corrected chi connectivity index (χ2v) is 6.79. The normalized spacial score (nSPS) is 21.0. The number of amides is 1. The average Bonchev–Trinajstić information content (AvgIpc) is 2.48. The first-order valence-corrected chi connectivity index (χ1v) is 8.20. The Morgan fingerprint density at radius 2 is 2.10 bits per heavy atom. The number of carbonyl (C=O) groups excluding carboxylic acids is 1. The van der Waals surface area contributed by atoms with Gasteiger partial charge >= 0.3 is 0 Å². The predicted molar refractivity (Wildman–Crippen MR) is 89.4 cm³/mol. The van der Waals surface area contributed by atoms with Gasteiger partial charge in [-0.2, -0.15) is 0 Å². The zero-order valence-corrected chi connectivity index (χ0v) is 14.6. The van der Waals surface area contributed by atoms with E-state index in [0.29, 0.717) is 6.04 Å². The molecule has 0 spiro atoms. The number of piperazine rings is 1. The van der Waals surface area contributed by atoms with Crippen LogP contribution in [-0.2, 0) is 11.2 Å². The van der Waals surface area contributed by atoms with Gasteiger partial charge in [-0.15, -0.1) is 0 Å². The maximum absolute atomic E-state index is 12.3. The van der Waals surface area contributed by atoms with Crippen LogP contribution in [0.4, 0.5) is 0 Å². The fourth-order valence-corrected chi connectivity index (χ4v) is 3.12. The van der Waals surface area contributed by atoms with E-state index in [9.17, 15) is 4.79 Å². The number of halogens is 1. The lowest BCUT2D eigenvalue weighted by atomic mass is 10.0. The SMILES string of the molecule is CC(Cc1ccc(Br)cc1)N1CCNCC1C(=O)N(C)C. The van der Waals surface area contributed by atoms with Crippen LogP contribution < -0.4 is 5.32 Å². The molecule has 5 heteroatoms. The number of nitrogens with zero attached hydrogens (tertiary/aromatic N) is 2. The molecule has 21 heavy (non-hydrogen) atoms. The highest BCUT2D eigenvalue weighted by Gasteiger charge is 2.32. The quantitative estimate of drug-likeness (QED) is 0.895. The Hall–Kier alpha value is -0.910. The fourth-order valence-electron chi connectivity index (χ4n) is 2.85. The van der Waals surface area contributed by atoms with Crippen molar-refractivity contribution in [2.24, 2.45) is 0 Å². The van der Waals surface area contributed by atoms with E-state index in [1.807, 2.05) is 14.1 Å². The molecule has 1 amide bonds. The van der Waals surface area contributed by atoms with Crippen molar-refractivity contribution in [3.05, 3.63) is 34.3 Å². The van der Waals surface area contributed by atoms with Crippen LogP contribution in [0.25, 0.3) is 0 Å². The third-order valence-electron chi connectivity index (χ3n) is 4.02. The van der Waals surface area contributed by atoms with Crippen molar-refractivity contribution in [3.8, 4) is 0 Å². The van der Waals surface area contributed by atoms with Crippen LogP contribution in [0, 0.1) is 0 Å². The van der Waals surface area contributed by atoms with Gasteiger partial charge in [0.15, 0.2) is 0 Å². The Kier molecular flexibility index (Phi) is 5.79. The van der Waals surface area contributed by atoms with Crippen LogP contribution in [-0.4, -0.2) is 61.5 Å². The molecule has 2 atom stereocenters. The Labute approximate surface area is 135 Å². The van der Waals surface area contributed by atoms with E-state index in [4.69, 9.17) is 0 Å². The van der Waals surface area contributed by atoms with Crippen molar-refractivity contribution in [3.63, 3.8) is 0 Å². The number of nitrogens with one attached hydrogen (secondary N) is 1. The smallest absolute Gasteiger partial charge is 0.240 e. The summed E-state index contributed by atoms with van der Waals surface area (Å²) in [5.74, 6) is 0.185. The number of carbonyl (C=O) groups is 1. The first-order chi connectivity index (χ1) is 9.99. The summed E-state index contributed by atoms with van der Waals surface area (Å²) in [4.78, 5) is 16.4. The van der Waals surface area contributed by atoms with Crippen LogP contribution in [0.2, 0.25) is 0 Å².